The molecule has 1 aliphatic carbocycles. The largest absolute Gasteiger partial charge is 0.0890 e. The van der Waals surface area contributed by atoms with Crippen molar-refractivity contribution < 1.29 is 0 Å². The van der Waals surface area contributed by atoms with Crippen LogP contribution in [0.3, 0.4) is 0 Å². The summed E-state index contributed by atoms with van der Waals surface area (Å²) < 4.78 is 0.777. The van der Waals surface area contributed by atoms with Gasteiger partial charge in [-0.1, -0.05) is 70.1 Å². The second kappa shape index (κ2) is 5.13. The van der Waals surface area contributed by atoms with E-state index in [1.807, 2.05) is 0 Å². The molecule has 4 heteroatoms. The van der Waals surface area contributed by atoms with Gasteiger partial charge in [0, 0.05) is 9.15 Å². The Labute approximate surface area is 108 Å². The lowest BCUT2D eigenvalue weighted by atomic mass is 9.87. The second-order valence-electron chi connectivity index (χ2n) is 3.44. The Bertz CT molecular complexity index is 144. The SMILES string of the molecule is BrC(Br)CC1(Br)CCCC(Br)C1. The summed E-state index contributed by atoms with van der Waals surface area (Å²) in [6.45, 7) is 0. The van der Waals surface area contributed by atoms with Crippen LogP contribution in [0.5, 0.6) is 0 Å². The second-order valence-corrected chi connectivity index (χ2v) is 9.86. The van der Waals surface area contributed by atoms with Crippen molar-refractivity contribution in [2.24, 2.45) is 0 Å². The van der Waals surface area contributed by atoms with Gasteiger partial charge in [0.1, 0.15) is 0 Å². The predicted molar refractivity (Wildman–Crippen MR) is 69.1 cm³/mol. The maximum absolute atomic E-state index is 3.85. The van der Waals surface area contributed by atoms with Crippen LogP contribution < -0.4 is 0 Å². The molecule has 0 aromatic heterocycles. The Morgan fingerprint density at radius 1 is 1.42 bits per heavy atom. The quantitative estimate of drug-likeness (QED) is 0.546. The van der Waals surface area contributed by atoms with Gasteiger partial charge in [-0.3, -0.25) is 0 Å². The van der Waals surface area contributed by atoms with Crippen LogP contribution in [0, 0.1) is 0 Å². The molecule has 72 valence electrons. The molecule has 12 heavy (non-hydrogen) atoms. The molecule has 0 spiro atoms. The van der Waals surface area contributed by atoms with Gasteiger partial charge in [0.15, 0.2) is 0 Å². The average Bonchev–Trinajstić information content (AvgIpc) is 1.82. The van der Waals surface area contributed by atoms with Gasteiger partial charge >= 0.3 is 0 Å². The maximum Gasteiger partial charge on any atom is 0.0711 e. The lowest BCUT2D eigenvalue weighted by Crippen LogP contribution is -2.30. The fraction of sp³-hybridized carbons (Fsp3) is 1.00. The van der Waals surface area contributed by atoms with Gasteiger partial charge in [-0.2, -0.15) is 0 Å². The van der Waals surface area contributed by atoms with Crippen molar-refractivity contribution in [3.63, 3.8) is 0 Å². The Morgan fingerprint density at radius 2 is 2.08 bits per heavy atom. The van der Waals surface area contributed by atoms with E-state index in [1.54, 1.807) is 0 Å². The van der Waals surface area contributed by atoms with Crippen LogP contribution in [0.15, 0.2) is 0 Å². The third-order valence-electron chi connectivity index (χ3n) is 2.25. The molecule has 2 atom stereocenters. The van der Waals surface area contributed by atoms with Crippen LogP contribution in [0.2, 0.25) is 0 Å². The molecule has 1 saturated carbocycles. The lowest BCUT2D eigenvalue weighted by Gasteiger charge is -2.34. The standard InChI is InChI=1S/C8H12Br4/c9-6-2-1-3-8(12,4-6)5-7(10)11/h6-7H,1-5H2. The van der Waals surface area contributed by atoms with Crippen LogP contribution in [0.25, 0.3) is 0 Å². The van der Waals surface area contributed by atoms with E-state index in [0.29, 0.717) is 12.9 Å². The van der Waals surface area contributed by atoms with Crippen LogP contribution in [0.4, 0.5) is 0 Å². The first-order valence-corrected chi connectivity index (χ1v) is 7.67. The van der Waals surface area contributed by atoms with Gasteiger partial charge in [0.25, 0.3) is 0 Å². The van der Waals surface area contributed by atoms with Crippen molar-refractivity contribution in [3.8, 4) is 0 Å². The summed E-state index contributed by atoms with van der Waals surface area (Å²) in [5.74, 6) is 0. The molecule has 0 N–H and O–H groups in total. The van der Waals surface area contributed by atoms with Crippen molar-refractivity contribution in [1.82, 2.24) is 0 Å². The zero-order valence-electron chi connectivity index (χ0n) is 6.70. The zero-order valence-corrected chi connectivity index (χ0v) is 13.0. The molecule has 0 nitrogen and oxygen atoms in total. The third kappa shape index (κ3) is 3.97. The van der Waals surface area contributed by atoms with Crippen LogP contribution in [-0.4, -0.2) is 12.9 Å². The first kappa shape index (κ1) is 12.0. The molecule has 0 aliphatic heterocycles. The normalized spacial score (nSPS) is 37.2. The third-order valence-corrected chi connectivity index (χ3v) is 4.72. The summed E-state index contributed by atoms with van der Waals surface area (Å²) in [6, 6.07) is 0. The van der Waals surface area contributed by atoms with Crippen molar-refractivity contribution in [1.29, 1.82) is 0 Å². The van der Waals surface area contributed by atoms with Gasteiger partial charge in [0.05, 0.1) is 3.74 Å². The highest BCUT2D eigenvalue weighted by Crippen LogP contribution is 2.43. The Morgan fingerprint density at radius 3 is 2.58 bits per heavy atom. The number of halogens is 4. The highest BCUT2D eigenvalue weighted by molar-refractivity contribution is 9.24. The fourth-order valence-electron chi connectivity index (χ4n) is 1.70. The molecule has 2 unspecified atom stereocenters. The van der Waals surface area contributed by atoms with Crippen LogP contribution in [-0.2, 0) is 0 Å². The van der Waals surface area contributed by atoms with E-state index in [-0.39, 0.29) is 0 Å². The van der Waals surface area contributed by atoms with Gasteiger partial charge in [0.2, 0.25) is 0 Å². The number of rotatable bonds is 2. The molecule has 0 aromatic rings. The molecule has 1 fully saturated rings. The van der Waals surface area contributed by atoms with E-state index in [4.69, 9.17) is 0 Å². The van der Waals surface area contributed by atoms with Crippen LogP contribution in [0.1, 0.15) is 32.1 Å². The molecular weight excluding hydrogens is 416 g/mol. The molecule has 0 amide bonds. The van der Waals surface area contributed by atoms with Crippen LogP contribution >= 0.6 is 63.7 Å². The minimum atomic E-state index is 0.344. The van der Waals surface area contributed by atoms with E-state index in [1.165, 1.54) is 25.7 Å². The Hall–Kier alpha value is 1.92. The monoisotopic (exact) mass is 424 g/mol. The van der Waals surface area contributed by atoms with Gasteiger partial charge in [-0.25, -0.2) is 0 Å². The van der Waals surface area contributed by atoms with E-state index in [9.17, 15) is 0 Å². The molecule has 1 rings (SSSR count). The average molecular weight is 428 g/mol. The maximum atomic E-state index is 3.85. The topological polar surface area (TPSA) is 0 Å². The number of hydrogen-bond acceptors (Lipinski definition) is 0. The lowest BCUT2D eigenvalue weighted by molar-refractivity contribution is 0.408. The number of alkyl halides is 4. The summed E-state index contributed by atoms with van der Waals surface area (Å²) in [6.07, 6.45) is 6.33. The number of hydrogen-bond donors (Lipinski definition) is 0. The van der Waals surface area contributed by atoms with Gasteiger partial charge in [-0.15, -0.1) is 0 Å². The van der Waals surface area contributed by atoms with E-state index < -0.39 is 0 Å². The Balaban J connectivity index is 2.45. The van der Waals surface area contributed by atoms with Crippen molar-refractivity contribution in [2.75, 3.05) is 0 Å². The van der Waals surface area contributed by atoms with E-state index in [2.05, 4.69) is 63.7 Å². The molecule has 0 aromatic carbocycles. The van der Waals surface area contributed by atoms with Gasteiger partial charge < -0.3 is 0 Å². The summed E-state index contributed by atoms with van der Waals surface area (Å²) in [4.78, 5) is 0.698. The summed E-state index contributed by atoms with van der Waals surface area (Å²) in [7, 11) is 0. The van der Waals surface area contributed by atoms with Crippen molar-refractivity contribution in [2.45, 2.75) is 45.0 Å². The molecule has 0 saturated heterocycles. The minimum Gasteiger partial charge on any atom is -0.0890 e. The van der Waals surface area contributed by atoms with Crippen molar-refractivity contribution >= 4 is 63.7 Å². The molecule has 0 radical (unpaired) electrons. The van der Waals surface area contributed by atoms with Crippen molar-refractivity contribution in [3.05, 3.63) is 0 Å². The molecular formula is C8H12Br4. The Kier molecular flexibility index (Phi) is 5.12. The van der Waals surface area contributed by atoms with E-state index >= 15 is 0 Å². The first-order chi connectivity index (χ1) is 5.52. The summed E-state index contributed by atoms with van der Waals surface area (Å²) in [5.41, 5.74) is 0. The fourth-order valence-corrected chi connectivity index (χ4v) is 6.18. The zero-order chi connectivity index (χ0) is 9.19. The summed E-state index contributed by atoms with van der Waals surface area (Å²) in [5, 5.41) is 0. The van der Waals surface area contributed by atoms with E-state index in [0.717, 1.165) is 6.42 Å². The molecule has 0 heterocycles. The molecule has 1 aliphatic rings. The van der Waals surface area contributed by atoms with Gasteiger partial charge in [-0.05, 0) is 25.7 Å². The molecule has 0 bridgehead atoms. The smallest absolute Gasteiger partial charge is 0.0711 e. The highest BCUT2D eigenvalue weighted by Gasteiger charge is 2.34. The first-order valence-electron chi connectivity index (χ1n) is 4.13. The summed E-state index contributed by atoms with van der Waals surface area (Å²) >= 11 is 14.6. The highest BCUT2D eigenvalue weighted by atomic mass is 79.9. The predicted octanol–water partition coefficient (Wildman–Crippen LogP) is 4.96. The minimum absolute atomic E-state index is 0.344.